The van der Waals surface area contributed by atoms with E-state index in [4.69, 9.17) is 23.8 Å². The van der Waals surface area contributed by atoms with E-state index in [2.05, 4.69) is 29.8 Å². The topological polar surface area (TPSA) is 15.3 Å². The Balaban J connectivity index is 2.09. The van der Waals surface area contributed by atoms with Gasteiger partial charge in [0.15, 0.2) is 5.11 Å². The molecule has 0 bridgehead atoms. The number of hydrogen-bond acceptors (Lipinski definition) is 2. The molecule has 0 atom stereocenters. The van der Waals surface area contributed by atoms with Crippen molar-refractivity contribution in [1.82, 2.24) is 4.90 Å². The van der Waals surface area contributed by atoms with Gasteiger partial charge in [-0.1, -0.05) is 17.7 Å². The fraction of sp³-hybridized carbons (Fsp3) is 0.312. The molecule has 5 heteroatoms. The van der Waals surface area contributed by atoms with E-state index in [0.717, 1.165) is 23.4 Å². The normalized spacial score (nSPS) is 10.5. The maximum absolute atomic E-state index is 6.31. The predicted octanol–water partition coefficient (Wildman–Crippen LogP) is 5.16. The Labute approximate surface area is 140 Å². The van der Waals surface area contributed by atoms with Crippen LogP contribution < -0.4 is 5.32 Å². The fourth-order valence-electron chi connectivity index (χ4n) is 2.13. The summed E-state index contributed by atoms with van der Waals surface area (Å²) in [5, 5.41) is 6.76. The second kappa shape index (κ2) is 6.77. The van der Waals surface area contributed by atoms with Gasteiger partial charge >= 0.3 is 0 Å². The Bertz CT molecular complexity index is 641. The minimum Gasteiger partial charge on any atom is -0.347 e. The van der Waals surface area contributed by atoms with E-state index in [-0.39, 0.29) is 0 Å². The first-order valence-corrected chi connectivity index (χ1v) is 8.37. The van der Waals surface area contributed by atoms with Gasteiger partial charge in [0.05, 0.1) is 17.3 Å². The predicted molar refractivity (Wildman–Crippen MR) is 97.7 cm³/mol. The van der Waals surface area contributed by atoms with Crippen molar-refractivity contribution in [2.24, 2.45) is 0 Å². The molecule has 21 heavy (non-hydrogen) atoms. The van der Waals surface area contributed by atoms with Crippen LogP contribution in [0.4, 0.5) is 5.69 Å². The number of halogens is 1. The number of aryl methyl sites for hydroxylation is 3. The van der Waals surface area contributed by atoms with Crippen molar-refractivity contribution >= 4 is 46.0 Å². The van der Waals surface area contributed by atoms with Crippen LogP contribution in [-0.4, -0.2) is 17.1 Å². The Kier molecular flexibility index (Phi) is 5.25. The first-order chi connectivity index (χ1) is 9.88. The van der Waals surface area contributed by atoms with Crippen LogP contribution >= 0.6 is 35.2 Å². The van der Waals surface area contributed by atoms with Gasteiger partial charge in [-0.25, -0.2) is 0 Å². The van der Waals surface area contributed by atoms with E-state index in [1.807, 2.05) is 31.9 Å². The smallest absolute Gasteiger partial charge is 0.173 e. The van der Waals surface area contributed by atoms with Crippen molar-refractivity contribution in [3.63, 3.8) is 0 Å². The second-order valence-electron chi connectivity index (χ2n) is 5.25. The molecule has 112 valence electrons. The van der Waals surface area contributed by atoms with Gasteiger partial charge in [0.1, 0.15) is 0 Å². The van der Waals surface area contributed by atoms with Crippen LogP contribution in [0.1, 0.15) is 21.6 Å². The van der Waals surface area contributed by atoms with Crippen LogP contribution in [0.2, 0.25) is 5.02 Å². The average molecular weight is 339 g/mol. The molecule has 0 amide bonds. The third kappa shape index (κ3) is 3.96. The van der Waals surface area contributed by atoms with Crippen LogP contribution in [0.15, 0.2) is 23.6 Å². The third-order valence-electron chi connectivity index (χ3n) is 3.36. The summed E-state index contributed by atoms with van der Waals surface area (Å²) in [4.78, 5) is 3.36. The van der Waals surface area contributed by atoms with E-state index < -0.39 is 0 Å². The lowest BCUT2D eigenvalue weighted by molar-refractivity contribution is 0.512. The molecule has 0 radical (unpaired) electrons. The lowest BCUT2D eigenvalue weighted by Gasteiger charge is -2.22. The van der Waals surface area contributed by atoms with E-state index in [1.54, 1.807) is 11.3 Å². The monoisotopic (exact) mass is 338 g/mol. The highest BCUT2D eigenvalue weighted by molar-refractivity contribution is 7.80. The van der Waals surface area contributed by atoms with Gasteiger partial charge in [0.25, 0.3) is 0 Å². The van der Waals surface area contributed by atoms with E-state index in [0.29, 0.717) is 10.1 Å². The zero-order valence-electron chi connectivity index (χ0n) is 12.7. The molecule has 1 heterocycles. The molecule has 0 spiro atoms. The van der Waals surface area contributed by atoms with Gasteiger partial charge in [-0.3, -0.25) is 0 Å². The summed E-state index contributed by atoms with van der Waals surface area (Å²) in [6, 6.07) is 6.18. The summed E-state index contributed by atoms with van der Waals surface area (Å²) in [6.07, 6.45) is 0. The average Bonchev–Trinajstić information content (AvgIpc) is 2.79. The van der Waals surface area contributed by atoms with Crippen molar-refractivity contribution in [1.29, 1.82) is 0 Å². The first kappa shape index (κ1) is 16.3. The highest BCUT2D eigenvalue weighted by Crippen LogP contribution is 2.28. The van der Waals surface area contributed by atoms with E-state index in [1.165, 1.54) is 10.4 Å². The molecule has 0 fully saturated rings. The van der Waals surface area contributed by atoms with Crippen LogP contribution in [0, 0.1) is 20.8 Å². The molecule has 0 saturated carbocycles. The highest BCUT2D eigenvalue weighted by atomic mass is 35.5. The fourth-order valence-corrected chi connectivity index (χ4v) is 3.62. The summed E-state index contributed by atoms with van der Waals surface area (Å²) >= 11 is 13.6. The summed E-state index contributed by atoms with van der Waals surface area (Å²) in [5.41, 5.74) is 4.45. The van der Waals surface area contributed by atoms with Crippen molar-refractivity contribution in [2.75, 3.05) is 12.4 Å². The minimum atomic E-state index is 0.677. The zero-order chi connectivity index (χ0) is 15.6. The second-order valence-corrected chi connectivity index (χ2v) is 7.05. The number of hydrogen-bond donors (Lipinski definition) is 1. The summed E-state index contributed by atoms with van der Waals surface area (Å²) in [6.45, 7) is 6.99. The lowest BCUT2D eigenvalue weighted by Crippen LogP contribution is -2.30. The molecular formula is C16H19ClN2S2. The Morgan fingerprint density at radius 3 is 2.57 bits per heavy atom. The Morgan fingerprint density at radius 2 is 2.00 bits per heavy atom. The molecule has 0 aliphatic carbocycles. The van der Waals surface area contributed by atoms with Gasteiger partial charge in [0.2, 0.25) is 0 Å². The zero-order valence-corrected chi connectivity index (χ0v) is 15.0. The molecule has 2 rings (SSSR count). The van der Waals surface area contributed by atoms with Crippen LogP contribution in [0.5, 0.6) is 0 Å². The van der Waals surface area contributed by atoms with Crippen LogP contribution in [-0.2, 0) is 6.54 Å². The summed E-state index contributed by atoms with van der Waals surface area (Å²) < 4.78 is 0. The maximum Gasteiger partial charge on any atom is 0.173 e. The van der Waals surface area contributed by atoms with E-state index in [9.17, 15) is 0 Å². The molecule has 0 unspecified atom stereocenters. The number of anilines is 1. The van der Waals surface area contributed by atoms with Gasteiger partial charge < -0.3 is 10.2 Å². The van der Waals surface area contributed by atoms with Crippen molar-refractivity contribution in [2.45, 2.75) is 27.3 Å². The highest BCUT2D eigenvalue weighted by Gasteiger charge is 2.12. The Hall–Kier alpha value is -1.10. The molecule has 1 aromatic carbocycles. The molecule has 2 aromatic rings. The lowest BCUT2D eigenvalue weighted by atomic mass is 10.1. The molecular weight excluding hydrogens is 320 g/mol. The molecule has 1 N–H and O–H groups in total. The number of benzene rings is 1. The summed E-state index contributed by atoms with van der Waals surface area (Å²) in [5.74, 6) is 0. The molecule has 0 aliphatic heterocycles. The standard InChI is InChI=1S/C16H19ClN2S2/c1-10-7-12(3)15(13(17)8-10)18-16(20)19(4)9-14-11(2)5-6-21-14/h5-8H,9H2,1-4H3,(H,18,20). The maximum atomic E-state index is 6.31. The largest absolute Gasteiger partial charge is 0.347 e. The van der Waals surface area contributed by atoms with Gasteiger partial charge in [-0.2, -0.15) is 0 Å². The van der Waals surface area contributed by atoms with Crippen molar-refractivity contribution in [3.05, 3.63) is 50.2 Å². The molecule has 0 aliphatic rings. The van der Waals surface area contributed by atoms with Gasteiger partial charge in [-0.05, 0) is 67.2 Å². The van der Waals surface area contributed by atoms with Crippen LogP contribution in [0.3, 0.4) is 0 Å². The minimum absolute atomic E-state index is 0.677. The summed E-state index contributed by atoms with van der Waals surface area (Å²) in [7, 11) is 1.99. The van der Waals surface area contributed by atoms with Crippen molar-refractivity contribution in [3.8, 4) is 0 Å². The van der Waals surface area contributed by atoms with Gasteiger partial charge in [0, 0.05) is 11.9 Å². The number of nitrogens with zero attached hydrogens (tertiary/aromatic N) is 1. The molecule has 0 saturated heterocycles. The van der Waals surface area contributed by atoms with Crippen LogP contribution in [0.25, 0.3) is 0 Å². The van der Waals surface area contributed by atoms with E-state index >= 15 is 0 Å². The van der Waals surface area contributed by atoms with Gasteiger partial charge in [-0.15, -0.1) is 11.3 Å². The Morgan fingerprint density at radius 1 is 1.29 bits per heavy atom. The molecule has 1 aromatic heterocycles. The molecule has 2 nitrogen and oxygen atoms in total. The first-order valence-electron chi connectivity index (χ1n) is 6.70. The number of thiophene rings is 1. The van der Waals surface area contributed by atoms with Crippen molar-refractivity contribution < 1.29 is 0 Å². The number of thiocarbonyl (C=S) groups is 1. The number of rotatable bonds is 3. The number of nitrogens with one attached hydrogen (secondary N) is 1. The third-order valence-corrected chi connectivity index (χ3v) is 5.08. The SMILES string of the molecule is Cc1cc(C)c(NC(=S)N(C)Cc2sccc2C)c(Cl)c1. The quantitative estimate of drug-likeness (QED) is 0.778.